The summed E-state index contributed by atoms with van der Waals surface area (Å²) in [4.78, 5) is 0. The van der Waals surface area contributed by atoms with Gasteiger partial charge in [0.25, 0.3) is 0 Å². The van der Waals surface area contributed by atoms with Gasteiger partial charge < -0.3 is 15.2 Å². The van der Waals surface area contributed by atoms with Gasteiger partial charge in [0.15, 0.2) is 0 Å². The minimum atomic E-state index is 0.312. The molecule has 0 aliphatic carbocycles. The predicted molar refractivity (Wildman–Crippen MR) is 79.6 cm³/mol. The maximum absolute atomic E-state index is 8.73. The topological polar surface area (TPSA) is 41.5 Å². The zero-order valence-electron chi connectivity index (χ0n) is 12.2. The summed E-state index contributed by atoms with van der Waals surface area (Å²) in [5, 5.41) is 12.3. The number of para-hydroxylation sites is 1. The molecule has 0 bridgehead atoms. The molecule has 1 rings (SSSR count). The molecular formula is C16H27NO2. The minimum Gasteiger partial charge on any atom is -0.496 e. The Bertz CT molecular complexity index is 341. The van der Waals surface area contributed by atoms with Crippen LogP contribution in [0.3, 0.4) is 0 Å². The van der Waals surface area contributed by atoms with E-state index in [0.717, 1.165) is 38.0 Å². The Kier molecular flexibility index (Phi) is 8.26. The van der Waals surface area contributed by atoms with Gasteiger partial charge in [-0.1, -0.05) is 38.0 Å². The van der Waals surface area contributed by atoms with Crippen LogP contribution in [0.5, 0.6) is 5.75 Å². The summed E-state index contributed by atoms with van der Waals surface area (Å²) in [6.45, 7) is 3.52. The molecule has 0 amide bonds. The molecule has 1 unspecified atom stereocenters. The molecule has 0 aliphatic heterocycles. The third kappa shape index (κ3) is 5.62. The lowest BCUT2D eigenvalue weighted by atomic mass is 10.0. The van der Waals surface area contributed by atoms with Crippen molar-refractivity contribution >= 4 is 0 Å². The Morgan fingerprint density at radius 2 is 1.89 bits per heavy atom. The Hall–Kier alpha value is -1.06. The van der Waals surface area contributed by atoms with E-state index in [9.17, 15) is 0 Å². The molecule has 0 radical (unpaired) electrons. The van der Waals surface area contributed by atoms with E-state index in [1.54, 1.807) is 7.11 Å². The lowest BCUT2D eigenvalue weighted by molar-refractivity contribution is 0.282. The highest BCUT2D eigenvalue weighted by Crippen LogP contribution is 2.26. The molecule has 1 atom stereocenters. The predicted octanol–water partition coefficient (Wildman–Crippen LogP) is 3.29. The standard InChI is InChI=1S/C16H27NO2/c1-3-15(17-12-8-4-5-9-13-18)14-10-6-7-11-16(14)19-2/h6-7,10-11,15,17-18H,3-5,8-9,12-13H2,1-2H3. The first-order valence-electron chi connectivity index (χ1n) is 7.30. The second-order valence-corrected chi connectivity index (χ2v) is 4.79. The van der Waals surface area contributed by atoms with Crippen molar-refractivity contribution in [3.8, 4) is 5.75 Å². The Morgan fingerprint density at radius 3 is 2.58 bits per heavy atom. The van der Waals surface area contributed by atoms with E-state index < -0.39 is 0 Å². The third-order valence-electron chi connectivity index (χ3n) is 3.40. The van der Waals surface area contributed by atoms with Gasteiger partial charge in [-0.15, -0.1) is 0 Å². The number of aliphatic hydroxyl groups excluding tert-OH is 1. The monoisotopic (exact) mass is 265 g/mol. The summed E-state index contributed by atoms with van der Waals surface area (Å²) in [7, 11) is 1.72. The molecule has 3 heteroatoms. The van der Waals surface area contributed by atoms with Crippen molar-refractivity contribution < 1.29 is 9.84 Å². The van der Waals surface area contributed by atoms with Crippen molar-refractivity contribution in [3.63, 3.8) is 0 Å². The Balaban J connectivity index is 2.40. The first-order valence-corrected chi connectivity index (χ1v) is 7.30. The maximum Gasteiger partial charge on any atom is 0.123 e. The van der Waals surface area contributed by atoms with Crippen LogP contribution < -0.4 is 10.1 Å². The summed E-state index contributed by atoms with van der Waals surface area (Å²) < 4.78 is 5.42. The van der Waals surface area contributed by atoms with Gasteiger partial charge in [0.2, 0.25) is 0 Å². The van der Waals surface area contributed by atoms with Crippen LogP contribution in [0.25, 0.3) is 0 Å². The van der Waals surface area contributed by atoms with Crippen LogP contribution in [-0.2, 0) is 0 Å². The maximum atomic E-state index is 8.73. The summed E-state index contributed by atoms with van der Waals surface area (Å²) in [5.41, 5.74) is 1.24. The first-order chi connectivity index (χ1) is 9.33. The molecule has 1 aromatic rings. The molecule has 0 saturated carbocycles. The number of nitrogens with one attached hydrogen (secondary N) is 1. The zero-order chi connectivity index (χ0) is 13.9. The second kappa shape index (κ2) is 9.82. The Labute approximate surface area is 117 Å². The molecule has 3 nitrogen and oxygen atoms in total. The van der Waals surface area contributed by atoms with Crippen LogP contribution in [0, 0.1) is 0 Å². The molecular weight excluding hydrogens is 238 g/mol. The third-order valence-corrected chi connectivity index (χ3v) is 3.40. The molecule has 1 aromatic carbocycles. The zero-order valence-corrected chi connectivity index (χ0v) is 12.2. The van der Waals surface area contributed by atoms with Gasteiger partial charge in [-0.2, -0.15) is 0 Å². The van der Waals surface area contributed by atoms with E-state index in [4.69, 9.17) is 9.84 Å². The SMILES string of the molecule is CCC(NCCCCCCO)c1ccccc1OC. The highest BCUT2D eigenvalue weighted by Gasteiger charge is 2.12. The second-order valence-electron chi connectivity index (χ2n) is 4.79. The summed E-state index contributed by atoms with van der Waals surface area (Å²) in [6, 6.07) is 8.56. The van der Waals surface area contributed by atoms with Crippen molar-refractivity contribution in [2.75, 3.05) is 20.3 Å². The van der Waals surface area contributed by atoms with Crippen molar-refractivity contribution in [2.45, 2.75) is 45.1 Å². The normalized spacial score (nSPS) is 12.4. The minimum absolute atomic E-state index is 0.312. The van der Waals surface area contributed by atoms with Crippen LogP contribution in [0.15, 0.2) is 24.3 Å². The molecule has 0 spiro atoms. The number of hydrogen-bond acceptors (Lipinski definition) is 3. The average Bonchev–Trinajstić information content (AvgIpc) is 2.47. The van der Waals surface area contributed by atoms with Gasteiger partial charge >= 0.3 is 0 Å². The average molecular weight is 265 g/mol. The van der Waals surface area contributed by atoms with E-state index in [-0.39, 0.29) is 0 Å². The number of aliphatic hydroxyl groups is 1. The molecule has 2 N–H and O–H groups in total. The van der Waals surface area contributed by atoms with Crippen molar-refractivity contribution in [3.05, 3.63) is 29.8 Å². The van der Waals surface area contributed by atoms with Gasteiger partial charge in [0.1, 0.15) is 5.75 Å². The number of unbranched alkanes of at least 4 members (excludes halogenated alkanes) is 3. The van der Waals surface area contributed by atoms with Gasteiger partial charge in [-0.25, -0.2) is 0 Å². The van der Waals surface area contributed by atoms with E-state index in [1.165, 1.54) is 12.0 Å². The molecule has 0 saturated heterocycles. The lowest BCUT2D eigenvalue weighted by Crippen LogP contribution is -2.22. The van der Waals surface area contributed by atoms with E-state index >= 15 is 0 Å². The van der Waals surface area contributed by atoms with Crippen LogP contribution >= 0.6 is 0 Å². The van der Waals surface area contributed by atoms with E-state index in [1.807, 2.05) is 12.1 Å². The van der Waals surface area contributed by atoms with E-state index in [2.05, 4.69) is 24.4 Å². The van der Waals surface area contributed by atoms with E-state index in [0.29, 0.717) is 12.6 Å². The number of benzene rings is 1. The number of methoxy groups -OCH3 is 1. The molecule has 19 heavy (non-hydrogen) atoms. The fraction of sp³-hybridized carbons (Fsp3) is 0.625. The smallest absolute Gasteiger partial charge is 0.123 e. The van der Waals surface area contributed by atoms with Crippen LogP contribution in [0.2, 0.25) is 0 Å². The highest BCUT2D eigenvalue weighted by atomic mass is 16.5. The van der Waals surface area contributed by atoms with Gasteiger partial charge in [-0.3, -0.25) is 0 Å². The fourth-order valence-electron chi connectivity index (χ4n) is 2.30. The number of rotatable bonds is 10. The van der Waals surface area contributed by atoms with Gasteiger partial charge in [0, 0.05) is 18.2 Å². The quantitative estimate of drug-likeness (QED) is 0.638. The van der Waals surface area contributed by atoms with Crippen molar-refractivity contribution in [2.24, 2.45) is 0 Å². The highest BCUT2D eigenvalue weighted by molar-refractivity contribution is 5.35. The van der Waals surface area contributed by atoms with Crippen LogP contribution in [0.1, 0.15) is 50.6 Å². The summed E-state index contributed by atoms with van der Waals surface area (Å²) in [6.07, 6.45) is 5.42. The number of hydrogen-bond donors (Lipinski definition) is 2. The van der Waals surface area contributed by atoms with Crippen LogP contribution in [0.4, 0.5) is 0 Å². The Morgan fingerprint density at radius 1 is 1.16 bits per heavy atom. The van der Waals surface area contributed by atoms with Crippen molar-refractivity contribution in [1.82, 2.24) is 5.32 Å². The summed E-state index contributed by atoms with van der Waals surface area (Å²) in [5.74, 6) is 0.960. The van der Waals surface area contributed by atoms with Crippen LogP contribution in [-0.4, -0.2) is 25.4 Å². The lowest BCUT2D eigenvalue weighted by Gasteiger charge is -2.20. The molecule has 0 heterocycles. The molecule has 0 aromatic heterocycles. The molecule has 0 fully saturated rings. The fourth-order valence-corrected chi connectivity index (χ4v) is 2.30. The van der Waals surface area contributed by atoms with Crippen molar-refractivity contribution in [1.29, 1.82) is 0 Å². The number of ether oxygens (including phenoxy) is 1. The van der Waals surface area contributed by atoms with Gasteiger partial charge in [-0.05, 0) is 31.9 Å². The molecule has 108 valence electrons. The largest absolute Gasteiger partial charge is 0.496 e. The van der Waals surface area contributed by atoms with Gasteiger partial charge in [0.05, 0.1) is 7.11 Å². The first kappa shape index (κ1) is 16.0. The molecule has 0 aliphatic rings. The summed E-state index contributed by atoms with van der Waals surface area (Å²) >= 11 is 0.